The van der Waals surface area contributed by atoms with Crippen molar-refractivity contribution in [1.29, 1.82) is 0 Å². The van der Waals surface area contributed by atoms with Gasteiger partial charge in [0.15, 0.2) is 5.65 Å². The largest absolute Gasteiger partial charge is 0.417 e. The van der Waals surface area contributed by atoms with Gasteiger partial charge in [0, 0.05) is 30.7 Å². The number of nitro benzene ring substituents is 1. The molecular weight excluding hydrogens is 351 g/mol. The number of hydrogen-bond acceptors (Lipinski definition) is 5. The molecule has 0 amide bonds. The van der Waals surface area contributed by atoms with Crippen molar-refractivity contribution < 1.29 is 18.1 Å². The number of nitro groups is 1. The van der Waals surface area contributed by atoms with E-state index in [1.54, 1.807) is 16.7 Å². The molecule has 10 heteroatoms. The molecule has 0 saturated heterocycles. The van der Waals surface area contributed by atoms with E-state index in [0.29, 0.717) is 22.9 Å². The summed E-state index contributed by atoms with van der Waals surface area (Å²) < 4.78 is 39.8. The van der Waals surface area contributed by atoms with Crippen molar-refractivity contribution in [2.75, 3.05) is 0 Å². The first-order valence-corrected chi connectivity index (χ1v) is 7.29. The quantitative estimate of drug-likeness (QED) is 0.401. The molecule has 0 radical (unpaired) electrons. The lowest BCUT2D eigenvalue weighted by Gasteiger charge is -2.09. The van der Waals surface area contributed by atoms with Gasteiger partial charge in [0.25, 0.3) is 5.69 Å². The fourth-order valence-corrected chi connectivity index (χ4v) is 2.64. The predicted octanol–water partition coefficient (Wildman–Crippen LogP) is 3.87. The van der Waals surface area contributed by atoms with Gasteiger partial charge >= 0.3 is 6.18 Å². The number of rotatable bonds is 2. The van der Waals surface area contributed by atoms with E-state index in [-0.39, 0.29) is 17.1 Å². The number of alkyl halides is 3. The average molecular weight is 359 g/mol. The van der Waals surface area contributed by atoms with Crippen LogP contribution in [0.25, 0.3) is 28.1 Å². The zero-order chi connectivity index (χ0) is 18.5. The van der Waals surface area contributed by atoms with Crippen LogP contribution in [0.5, 0.6) is 0 Å². The summed E-state index contributed by atoms with van der Waals surface area (Å²) in [6, 6.07) is 6.28. The summed E-state index contributed by atoms with van der Waals surface area (Å²) in [4.78, 5) is 22.8. The van der Waals surface area contributed by atoms with Crippen LogP contribution in [0.15, 0.2) is 48.9 Å². The molecule has 0 fully saturated rings. The Hall–Kier alpha value is -3.56. The third kappa shape index (κ3) is 2.51. The van der Waals surface area contributed by atoms with E-state index in [1.807, 2.05) is 0 Å². The fraction of sp³-hybridized carbons (Fsp3) is 0.0625. The van der Waals surface area contributed by atoms with Crippen LogP contribution in [0.4, 0.5) is 18.9 Å². The van der Waals surface area contributed by atoms with Gasteiger partial charge in [0.2, 0.25) is 0 Å². The Morgan fingerprint density at radius 3 is 2.58 bits per heavy atom. The molecule has 0 unspecified atom stereocenters. The lowest BCUT2D eigenvalue weighted by molar-refractivity contribution is -0.384. The molecule has 1 aromatic carbocycles. The highest BCUT2D eigenvalue weighted by atomic mass is 19.4. The van der Waals surface area contributed by atoms with E-state index in [0.717, 1.165) is 6.07 Å². The van der Waals surface area contributed by atoms with Crippen LogP contribution in [-0.2, 0) is 6.18 Å². The number of non-ortho nitro benzene ring substituents is 1. The molecule has 7 nitrogen and oxygen atoms in total. The van der Waals surface area contributed by atoms with Crippen LogP contribution < -0.4 is 0 Å². The zero-order valence-corrected chi connectivity index (χ0v) is 12.8. The standard InChI is InChI=1S/C16H8F3N5O2/c17-16(18,19)9-1-3-11(21-8-9)14-15-20-5-6-23(15)13-4-2-10(24(25)26)7-12(13)22-14/h1-8H. The van der Waals surface area contributed by atoms with E-state index in [2.05, 4.69) is 15.0 Å². The summed E-state index contributed by atoms with van der Waals surface area (Å²) in [5, 5.41) is 11.0. The van der Waals surface area contributed by atoms with E-state index in [4.69, 9.17) is 0 Å². The third-order valence-corrected chi connectivity index (χ3v) is 3.85. The lowest BCUT2D eigenvalue weighted by Crippen LogP contribution is -2.05. The number of benzene rings is 1. The van der Waals surface area contributed by atoms with Crippen molar-refractivity contribution in [3.63, 3.8) is 0 Å². The maximum absolute atomic E-state index is 12.7. The van der Waals surface area contributed by atoms with Crippen molar-refractivity contribution in [3.05, 3.63) is 64.6 Å². The Morgan fingerprint density at radius 1 is 1.12 bits per heavy atom. The Kier molecular flexibility index (Phi) is 3.36. The van der Waals surface area contributed by atoms with E-state index < -0.39 is 16.7 Å². The van der Waals surface area contributed by atoms with Crippen molar-refractivity contribution in [3.8, 4) is 11.4 Å². The van der Waals surface area contributed by atoms with E-state index in [1.165, 1.54) is 24.4 Å². The summed E-state index contributed by atoms with van der Waals surface area (Å²) in [5.74, 6) is 0. The number of aromatic nitrogens is 4. The predicted molar refractivity (Wildman–Crippen MR) is 85.4 cm³/mol. The molecule has 3 aromatic heterocycles. The molecular formula is C16H8F3N5O2. The van der Waals surface area contributed by atoms with Crippen LogP contribution in [0.2, 0.25) is 0 Å². The molecule has 4 rings (SSSR count). The van der Waals surface area contributed by atoms with Gasteiger partial charge in [-0.1, -0.05) is 0 Å². The minimum absolute atomic E-state index is 0.143. The normalized spacial score (nSPS) is 12.0. The summed E-state index contributed by atoms with van der Waals surface area (Å²) in [7, 11) is 0. The first-order chi connectivity index (χ1) is 12.3. The molecule has 0 aliphatic heterocycles. The van der Waals surface area contributed by atoms with Gasteiger partial charge in [0.1, 0.15) is 5.69 Å². The highest BCUT2D eigenvalue weighted by molar-refractivity contribution is 5.86. The number of pyridine rings is 1. The third-order valence-electron chi connectivity index (χ3n) is 3.85. The molecule has 0 spiro atoms. The molecule has 26 heavy (non-hydrogen) atoms. The number of nitrogens with zero attached hydrogens (tertiary/aromatic N) is 5. The number of fused-ring (bicyclic) bond motifs is 3. The lowest BCUT2D eigenvalue weighted by atomic mass is 10.2. The highest BCUT2D eigenvalue weighted by Crippen LogP contribution is 2.31. The molecule has 0 aliphatic rings. The van der Waals surface area contributed by atoms with Crippen LogP contribution in [0, 0.1) is 10.1 Å². The van der Waals surface area contributed by atoms with Gasteiger partial charge in [-0.25, -0.2) is 9.97 Å². The summed E-state index contributed by atoms with van der Waals surface area (Å²) in [5.41, 5.74) is 0.672. The molecule has 0 bridgehead atoms. The second-order valence-electron chi connectivity index (χ2n) is 5.44. The second kappa shape index (κ2) is 5.48. The molecule has 4 aromatic rings. The van der Waals surface area contributed by atoms with Gasteiger partial charge in [-0.05, 0) is 18.2 Å². The van der Waals surface area contributed by atoms with Crippen molar-refractivity contribution in [1.82, 2.24) is 19.4 Å². The Bertz CT molecular complexity index is 1150. The molecule has 0 saturated carbocycles. The molecule has 0 atom stereocenters. The fourth-order valence-electron chi connectivity index (χ4n) is 2.64. The number of halogens is 3. The van der Waals surface area contributed by atoms with Crippen LogP contribution in [0.1, 0.15) is 5.56 Å². The van der Waals surface area contributed by atoms with Gasteiger partial charge < -0.3 is 0 Å². The Morgan fingerprint density at radius 2 is 1.92 bits per heavy atom. The van der Waals surface area contributed by atoms with Crippen LogP contribution in [0.3, 0.4) is 0 Å². The van der Waals surface area contributed by atoms with Gasteiger partial charge in [-0.15, -0.1) is 0 Å². The van der Waals surface area contributed by atoms with Crippen molar-refractivity contribution in [2.24, 2.45) is 0 Å². The van der Waals surface area contributed by atoms with E-state index in [9.17, 15) is 23.3 Å². The number of imidazole rings is 1. The summed E-state index contributed by atoms with van der Waals surface area (Å²) in [6.07, 6.45) is -0.635. The topological polar surface area (TPSA) is 86.2 Å². The minimum Gasteiger partial charge on any atom is -0.296 e. The van der Waals surface area contributed by atoms with Gasteiger partial charge in [0.05, 0.1) is 27.2 Å². The van der Waals surface area contributed by atoms with E-state index >= 15 is 0 Å². The molecule has 0 aliphatic carbocycles. The van der Waals surface area contributed by atoms with Gasteiger partial charge in [-0.2, -0.15) is 13.2 Å². The molecule has 0 N–H and O–H groups in total. The SMILES string of the molecule is O=[N+]([O-])c1ccc2c(c1)nc(-c1ccc(C(F)(F)F)cn1)c1nccn12. The smallest absolute Gasteiger partial charge is 0.296 e. The summed E-state index contributed by atoms with van der Waals surface area (Å²) in [6.45, 7) is 0. The number of hydrogen-bond donors (Lipinski definition) is 0. The first-order valence-electron chi connectivity index (χ1n) is 7.29. The second-order valence-corrected chi connectivity index (χ2v) is 5.44. The van der Waals surface area contributed by atoms with Crippen molar-refractivity contribution >= 4 is 22.4 Å². The van der Waals surface area contributed by atoms with Gasteiger partial charge in [-0.3, -0.25) is 19.5 Å². The minimum atomic E-state index is -4.49. The maximum Gasteiger partial charge on any atom is 0.417 e. The first kappa shape index (κ1) is 15.9. The average Bonchev–Trinajstić information content (AvgIpc) is 3.09. The molecule has 130 valence electrons. The highest BCUT2D eigenvalue weighted by Gasteiger charge is 2.30. The zero-order valence-electron chi connectivity index (χ0n) is 12.8. The Balaban J connectivity index is 1.95. The Labute approximate surface area is 142 Å². The molecule has 3 heterocycles. The monoisotopic (exact) mass is 359 g/mol. The van der Waals surface area contributed by atoms with Crippen LogP contribution in [-0.4, -0.2) is 24.3 Å². The van der Waals surface area contributed by atoms with Crippen LogP contribution >= 0.6 is 0 Å². The maximum atomic E-state index is 12.7. The van der Waals surface area contributed by atoms with Crippen molar-refractivity contribution in [2.45, 2.75) is 6.18 Å². The summed E-state index contributed by atoms with van der Waals surface area (Å²) >= 11 is 0.